The Balaban J connectivity index is 1.85. The molecule has 0 spiro atoms. The quantitative estimate of drug-likeness (QED) is 0.499. The summed E-state index contributed by atoms with van der Waals surface area (Å²) in [6, 6.07) is 11.5. The van der Waals surface area contributed by atoms with Crippen molar-refractivity contribution in [3.8, 4) is 0 Å². The van der Waals surface area contributed by atoms with E-state index in [2.05, 4.69) is 0 Å². The van der Waals surface area contributed by atoms with Gasteiger partial charge in [0.05, 0.1) is 0 Å². The van der Waals surface area contributed by atoms with Crippen molar-refractivity contribution in [1.82, 2.24) is 0 Å². The SMILES string of the molecule is Clc1ccc(C2CCCC(c3ccc(Cl)cc3Cl)S2)c(Cl)c1. The van der Waals surface area contributed by atoms with Gasteiger partial charge in [-0.2, -0.15) is 0 Å². The fourth-order valence-corrected chi connectivity index (χ4v) is 5.72. The molecule has 1 aliphatic heterocycles. The minimum atomic E-state index is 0.371. The lowest BCUT2D eigenvalue weighted by atomic mass is 10.0. The average Bonchev–Trinajstić information content (AvgIpc) is 2.47. The zero-order chi connectivity index (χ0) is 15.7. The van der Waals surface area contributed by atoms with E-state index in [4.69, 9.17) is 46.4 Å². The molecule has 0 radical (unpaired) electrons. The van der Waals surface area contributed by atoms with Crippen molar-refractivity contribution in [2.75, 3.05) is 0 Å². The van der Waals surface area contributed by atoms with Crippen LogP contribution >= 0.6 is 58.2 Å². The monoisotopic (exact) mass is 390 g/mol. The van der Waals surface area contributed by atoms with Crippen LogP contribution in [0.2, 0.25) is 20.1 Å². The first-order valence-corrected chi connectivity index (χ1v) is 9.55. The third kappa shape index (κ3) is 3.71. The van der Waals surface area contributed by atoms with Gasteiger partial charge >= 0.3 is 0 Å². The molecule has 1 saturated heterocycles. The summed E-state index contributed by atoms with van der Waals surface area (Å²) in [4.78, 5) is 0. The van der Waals surface area contributed by atoms with E-state index in [1.54, 1.807) is 0 Å². The Bertz CT molecular complexity index is 629. The molecule has 0 aromatic heterocycles. The maximum absolute atomic E-state index is 6.37. The first-order valence-electron chi connectivity index (χ1n) is 7.10. The predicted molar refractivity (Wildman–Crippen MR) is 99.8 cm³/mol. The lowest BCUT2D eigenvalue weighted by Gasteiger charge is -2.30. The second kappa shape index (κ2) is 7.23. The van der Waals surface area contributed by atoms with Crippen LogP contribution in [-0.4, -0.2) is 0 Å². The largest absolute Gasteiger partial charge is 0.145 e. The molecule has 116 valence electrons. The van der Waals surface area contributed by atoms with E-state index in [0.717, 1.165) is 40.4 Å². The summed E-state index contributed by atoms with van der Waals surface area (Å²) < 4.78 is 0. The van der Waals surface area contributed by atoms with Gasteiger partial charge in [-0.05, 0) is 48.2 Å². The molecular weight excluding hydrogens is 378 g/mol. The van der Waals surface area contributed by atoms with Gasteiger partial charge in [0, 0.05) is 30.6 Å². The smallest absolute Gasteiger partial charge is 0.0464 e. The van der Waals surface area contributed by atoms with Gasteiger partial charge < -0.3 is 0 Å². The molecule has 0 aliphatic carbocycles. The van der Waals surface area contributed by atoms with Crippen LogP contribution in [0.15, 0.2) is 36.4 Å². The summed E-state index contributed by atoms with van der Waals surface area (Å²) in [6.45, 7) is 0. The predicted octanol–water partition coefficient (Wildman–Crippen LogP) is 8.00. The molecule has 0 N–H and O–H groups in total. The third-order valence-electron chi connectivity index (χ3n) is 3.88. The molecule has 0 saturated carbocycles. The van der Waals surface area contributed by atoms with Crippen molar-refractivity contribution < 1.29 is 0 Å². The summed E-state index contributed by atoms with van der Waals surface area (Å²) in [5.41, 5.74) is 2.32. The van der Waals surface area contributed by atoms with E-state index >= 15 is 0 Å². The van der Waals surface area contributed by atoms with Gasteiger partial charge in [0.1, 0.15) is 0 Å². The molecule has 0 nitrogen and oxygen atoms in total. The number of thioether (sulfide) groups is 1. The Morgan fingerprint density at radius 1 is 0.727 bits per heavy atom. The van der Waals surface area contributed by atoms with Gasteiger partial charge in [-0.25, -0.2) is 0 Å². The molecule has 3 rings (SSSR count). The maximum Gasteiger partial charge on any atom is 0.0464 e. The summed E-state index contributed by atoms with van der Waals surface area (Å²) >= 11 is 26.6. The minimum absolute atomic E-state index is 0.371. The normalized spacial score (nSPS) is 21.8. The van der Waals surface area contributed by atoms with E-state index in [1.165, 1.54) is 0 Å². The van der Waals surface area contributed by atoms with E-state index in [0.29, 0.717) is 20.5 Å². The Morgan fingerprint density at radius 2 is 1.18 bits per heavy atom. The highest BCUT2D eigenvalue weighted by Gasteiger charge is 2.27. The molecule has 1 fully saturated rings. The van der Waals surface area contributed by atoms with Gasteiger partial charge in [0.25, 0.3) is 0 Å². The second-order valence-corrected chi connectivity index (χ2v) is 8.47. The van der Waals surface area contributed by atoms with E-state index in [1.807, 2.05) is 48.2 Å². The van der Waals surface area contributed by atoms with Gasteiger partial charge in [0.2, 0.25) is 0 Å². The standard InChI is InChI=1S/C17H14Cl4S/c18-10-4-6-12(14(20)8-10)16-2-1-3-17(22-16)13-7-5-11(19)9-15(13)21/h4-9,16-17H,1-3H2. The molecule has 2 unspecified atom stereocenters. The van der Waals surface area contributed by atoms with Gasteiger partial charge in [-0.3, -0.25) is 0 Å². The fraction of sp³-hybridized carbons (Fsp3) is 0.294. The topological polar surface area (TPSA) is 0 Å². The Labute approximate surface area is 155 Å². The maximum atomic E-state index is 6.37. The third-order valence-corrected chi connectivity index (χ3v) is 6.64. The van der Waals surface area contributed by atoms with Crippen molar-refractivity contribution in [3.05, 3.63) is 67.6 Å². The van der Waals surface area contributed by atoms with Crippen molar-refractivity contribution in [1.29, 1.82) is 0 Å². The fourth-order valence-electron chi connectivity index (χ4n) is 2.81. The summed E-state index contributed by atoms with van der Waals surface area (Å²) in [6.07, 6.45) is 3.39. The van der Waals surface area contributed by atoms with Gasteiger partial charge in [0.15, 0.2) is 0 Å². The Morgan fingerprint density at radius 3 is 1.59 bits per heavy atom. The number of halogens is 4. The van der Waals surface area contributed by atoms with E-state index < -0.39 is 0 Å². The molecule has 22 heavy (non-hydrogen) atoms. The van der Waals surface area contributed by atoms with Crippen LogP contribution in [0.1, 0.15) is 40.9 Å². The summed E-state index contributed by atoms with van der Waals surface area (Å²) in [7, 11) is 0. The van der Waals surface area contributed by atoms with Crippen molar-refractivity contribution in [3.63, 3.8) is 0 Å². The molecule has 0 amide bonds. The highest BCUT2D eigenvalue weighted by molar-refractivity contribution is 7.99. The first kappa shape index (κ1) is 16.8. The zero-order valence-electron chi connectivity index (χ0n) is 11.7. The summed E-state index contributed by atoms with van der Waals surface area (Å²) in [5.74, 6) is 0. The van der Waals surface area contributed by atoms with Crippen LogP contribution in [0, 0.1) is 0 Å². The molecule has 1 heterocycles. The van der Waals surface area contributed by atoms with E-state index in [9.17, 15) is 0 Å². The molecule has 5 heteroatoms. The first-order chi connectivity index (χ1) is 10.5. The average molecular weight is 392 g/mol. The lowest BCUT2D eigenvalue weighted by molar-refractivity contribution is 0.629. The molecule has 0 bridgehead atoms. The van der Waals surface area contributed by atoms with Crippen LogP contribution in [0.5, 0.6) is 0 Å². The van der Waals surface area contributed by atoms with Crippen LogP contribution in [-0.2, 0) is 0 Å². The lowest BCUT2D eigenvalue weighted by Crippen LogP contribution is -2.08. The van der Waals surface area contributed by atoms with Gasteiger partial charge in [-0.15, -0.1) is 11.8 Å². The number of hydrogen-bond acceptors (Lipinski definition) is 1. The molecular formula is C17H14Cl4S. The van der Waals surface area contributed by atoms with E-state index in [-0.39, 0.29) is 0 Å². The molecule has 1 aliphatic rings. The van der Waals surface area contributed by atoms with Crippen LogP contribution < -0.4 is 0 Å². The van der Waals surface area contributed by atoms with Gasteiger partial charge in [-0.1, -0.05) is 65.0 Å². The number of hydrogen-bond donors (Lipinski definition) is 0. The molecule has 2 atom stereocenters. The van der Waals surface area contributed by atoms with Crippen molar-refractivity contribution in [2.45, 2.75) is 29.8 Å². The molecule has 2 aromatic carbocycles. The molecule has 2 aromatic rings. The number of rotatable bonds is 2. The highest BCUT2D eigenvalue weighted by atomic mass is 35.5. The second-order valence-electron chi connectivity index (χ2n) is 5.38. The van der Waals surface area contributed by atoms with Crippen LogP contribution in [0.4, 0.5) is 0 Å². The van der Waals surface area contributed by atoms with Crippen LogP contribution in [0.25, 0.3) is 0 Å². The Hall–Kier alpha value is -0.0500. The van der Waals surface area contributed by atoms with Crippen molar-refractivity contribution >= 4 is 58.2 Å². The minimum Gasteiger partial charge on any atom is -0.145 e. The number of benzene rings is 2. The van der Waals surface area contributed by atoms with Crippen molar-refractivity contribution in [2.24, 2.45) is 0 Å². The zero-order valence-corrected chi connectivity index (χ0v) is 15.5. The highest BCUT2D eigenvalue weighted by Crippen LogP contribution is 2.52. The van der Waals surface area contributed by atoms with Crippen LogP contribution in [0.3, 0.4) is 0 Å². The summed E-state index contributed by atoms with van der Waals surface area (Å²) in [5, 5.41) is 3.57. The Kier molecular flexibility index (Phi) is 5.52.